The number of aryl methyl sites for hydroxylation is 1. The summed E-state index contributed by atoms with van der Waals surface area (Å²) in [6, 6.07) is 10.7. The number of hydrogen-bond donors (Lipinski definition) is 1. The van der Waals surface area contributed by atoms with Crippen molar-refractivity contribution in [1.29, 1.82) is 0 Å². The number of halogens is 1. The van der Waals surface area contributed by atoms with Crippen LogP contribution >= 0.6 is 15.9 Å². The van der Waals surface area contributed by atoms with Gasteiger partial charge in [-0.2, -0.15) is 0 Å². The molecule has 0 atom stereocenters. The van der Waals surface area contributed by atoms with Crippen molar-refractivity contribution in [2.45, 2.75) is 6.92 Å². The molecule has 0 spiro atoms. The Bertz CT molecular complexity index is 1080. The van der Waals surface area contributed by atoms with E-state index in [0.29, 0.717) is 11.3 Å². The van der Waals surface area contributed by atoms with E-state index in [1.807, 2.05) is 6.92 Å². The summed E-state index contributed by atoms with van der Waals surface area (Å²) in [5.74, 6) is -1.89. The van der Waals surface area contributed by atoms with Gasteiger partial charge in [0.15, 0.2) is 6.61 Å². The van der Waals surface area contributed by atoms with Gasteiger partial charge in [0, 0.05) is 10.0 Å². The van der Waals surface area contributed by atoms with Crippen molar-refractivity contribution in [3.8, 4) is 5.75 Å². The number of hydrogen-bond acceptors (Lipinski definition) is 6. The van der Waals surface area contributed by atoms with E-state index in [9.17, 15) is 19.2 Å². The maximum absolute atomic E-state index is 13.0. The molecule has 30 heavy (non-hydrogen) atoms. The number of methoxy groups -OCH3 is 1. The van der Waals surface area contributed by atoms with E-state index in [1.54, 1.807) is 42.5 Å². The minimum absolute atomic E-state index is 0.246. The number of imide groups is 2. The van der Waals surface area contributed by atoms with Crippen LogP contribution in [0.1, 0.15) is 11.1 Å². The lowest BCUT2D eigenvalue weighted by Gasteiger charge is -2.26. The van der Waals surface area contributed by atoms with Gasteiger partial charge in [0.25, 0.3) is 11.8 Å². The molecule has 1 aliphatic heterocycles. The molecule has 0 unspecified atom stereocenters. The average Bonchev–Trinajstić information content (AvgIpc) is 2.72. The number of nitrogens with zero attached hydrogens (tertiary/aromatic N) is 1. The highest BCUT2D eigenvalue weighted by molar-refractivity contribution is 9.10. The maximum atomic E-state index is 13.0. The molecular formula is C21H17BrN2O6. The van der Waals surface area contributed by atoms with Crippen LogP contribution in [0.2, 0.25) is 0 Å². The summed E-state index contributed by atoms with van der Waals surface area (Å²) in [6.07, 6.45) is 1.31. The zero-order chi connectivity index (χ0) is 21.8. The fourth-order valence-electron chi connectivity index (χ4n) is 2.74. The molecule has 2 aromatic carbocycles. The molecule has 0 saturated carbocycles. The van der Waals surface area contributed by atoms with Crippen molar-refractivity contribution >= 4 is 51.5 Å². The molecule has 0 aromatic heterocycles. The predicted molar refractivity (Wildman–Crippen MR) is 112 cm³/mol. The molecule has 2 aromatic rings. The first-order valence-electron chi connectivity index (χ1n) is 8.78. The molecule has 1 aliphatic rings. The molecule has 1 saturated heterocycles. The van der Waals surface area contributed by atoms with Crippen LogP contribution in [0.25, 0.3) is 6.08 Å². The van der Waals surface area contributed by atoms with E-state index < -0.39 is 23.8 Å². The van der Waals surface area contributed by atoms with Gasteiger partial charge >= 0.3 is 12.0 Å². The minimum atomic E-state index is -0.834. The van der Waals surface area contributed by atoms with Crippen LogP contribution in [0.5, 0.6) is 5.75 Å². The Labute approximate surface area is 180 Å². The molecule has 1 heterocycles. The molecule has 0 aliphatic carbocycles. The third-order valence-corrected chi connectivity index (χ3v) is 5.18. The number of barbiturate groups is 1. The first-order chi connectivity index (χ1) is 14.3. The van der Waals surface area contributed by atoms with Crippen LogP contribution in [0.3, 0.4) is 0 Å². The summed E-state index contributed by atoms with van der Waals surface area (Å²) in [7, 11) is 1.24. The minimum Gasteiger partial charge on any atom is -0.481 e. The Morgan fingerprint density at radius 2 is 1.90 bits per heavy atom. The number of esters is 1. The quantitative estimate of drug-likeness (QED) is 0.407. The van der Waals surface area contributed by atoms with E-state index in [-0.39, 0.29) is 17.9 Å². The molecule has 154 valence electrons. The summed E-state index contributed by atoms with van der Waals surface area (Å²) < 4.78 is 10.8. The van der Waals surface area contributed by atoms with Crippen LogP contribution in [0.15, 0.2) is 52.5 Å². The van der Waals surface area contributed by atoms with E-state index in [1.165, 1.54) is 13.2 Å². The summed E-state index contributed by atoms with van der Waals surface area (Å²) >= 11 is 3.37. The zero-order valence-corrected chi connectivity index (χ0v) is 17.7. The van der Waals surface area contributed by atoms with Crippen LogP contribution in [-0.4, -0.2) is 37.5 Å². The van der Waals surface area contributed by atoms with Gasteiger partial charge in [0.05, 0.1) is 12.8 Å². The van der Waals surface area contributed by atoms with Gasteiger partial charge in [-0.05, 0) is 42.8 Å². The van der Waals surface area contributed by atoms with E-state index in [4.69, 9.17) is 4.74 Å². The zero-order valence-electron chi connectivity index (χ0n) is 16.1. The average molecular weight is 473 g/mol. The smallest absolute Gasteiger partial charge is 0.343 e. The number of ether oxygens (including phenoxy) is 2. The molecule has 9 heteroatoms. The monoisotopic (exact) mass is 472 g/mol. The number of anilines is 1. The van der Waals surface area contributed by atoms with Gasteiger partial charge < -0.3 is 9.47 Å². The van der Waals surface area contributed by atoms with Crippen molar-refractivity contribution in [2.75, 3.05) is 18.6 Å². The molecule has 1 fully saturated rings. The van der Waals surface area contributed by atoms with Gasteiger partial charge in [0.1, 0.15) is 11.3 Å². The van der Waals surface area contributed by atoms with Gasteiger partial charge in [0.2, 0.25) is 0 Å². The maximum Gasteiger partial charge on any atom is 0.343 e. The summed E-state index contributed by atoms with van der Waals surface area (Å²) in [5.41, 5.74) is 1.29. The second-order valence-electron chi connectivity index (χ2n) is 6.29. The standard InChI is InChI=1S/C21H17BrN2O6/c1-12-9-14(7-8-16(12)22)24-20(27)15(19(26)23-21(24)28)10-13-5-3-4-6-17(13)30-11-18(25)29-2/h3-10H,11H2,1-2H3,(H,23,26,28)/b15-10+. The fraction of sp³-hybridized carbons (Fsp3) is 0.143. The van der Waals surface area contributed by atoms with Gasteiger partial charge in [-0.3, -0.25) is 14.9 Å². The Balaban J connectivity index is 1.97. The number of carbonyl (C=O) groups excluding carboxylic acids is 4. The molecule has 1 N–H and O–H groups in total. The summed E-state index contributed by atoms with van der Waals surface area (Å²) in [5, 5.41) is 2.17. The molecule has 0 radical (unpaired) electrons. The Morgan fingerprint density at radius 3 is 2.60 bits per heavy atom. The molecule has 0 bridgehead atoms. The largest absolute Gasteiger partial charge is 0.481 e. The van der Waals surface area contributed by atoms with E-state index >= 15 is 0 Å². The van der Waals surface area contributed by atoms with Crippen molar-refractivity contribution in [3.05, 3.63) is 63.6 Å². The number of nitrogens with one attached hydrogen (secondary N) is 1. The van der Waals surface area contributed by atoms with Gasteiger partial charge in [-0.1, -0.05) is 34.1 Å². The lowest BCUT2D eigenvalue weighted by atomic mass is 10.1. The summed E-state index contributed by atoms with van der Waals surface area (Å²) in [6.45, 7) is 1.48. The lowest BCUT2D eigenvalue weighted by Crippen LogP contribution is -2.54. The Hall–Kier alpha value is -3.46. The van der Waals surface area contributed by atoms with Crippen LogP contribution in [0, 0.1) is 6.92 Å². The molecule has 3 rings (SSSR count). The highest BCUT2D eigenvalue weighted by atomic mass is 79.9. The second kappa shape index (κ2) is 8.91. The van der Waals surface area contributed by atoms with Crippen molar-refractivity contribution in [3.63, 3.8) is 0 Å². The van der Waals surface area contributed by atoms with E-state index in [0.717, 1.165) is 14.9 Å². The highest BCUT2D eigenvalue weighted by Crippen LogP contribution is 2.28. The van der Waals surface area contributed by atoms with Crippen molar-refractivity contribution < 1.29 is 28.7 Å². The summed E-state index contributed by atoms with van der Waals surface area (Å²) in [4.78, 5) is 50.0. The number of benzene rings is 2. The number of carbonyl (C=O) groups is 4. The van der Waals surface area contributed by atoms with E-state index in [2.05, 4.69) is 26.0 Å². The first kappa shape index (κ1) is 21.3. The fourth-order valence-corrected chi connectivity index (χ4v) is 2.99. The SMILES string of the molecule is COC(=O)COc1ccccc1/C=C1\C(=O)NC(=O)N(c2ccc(Br)c(C)c2)C1=O. The Kier molecular flexibility index (Phi) is 6.31. The van der Waals surface area contributed by atoms with Crippen molar-refractivity contribution in [2.24, 2.45) is 0 Å². The topological polar surface area (TPSA) is 102 Å². The number of para-hydroxylation sites is 1. The number of rotatable bonds is 5. The third kappa shape index (κ3) is 4.41. The van der Waals surface area contributed by atoms with Gasteiger partial charge in [-0.25, -0.2) is 14.5 Å². The van der Waals surface area contributed by atoms with Crippen molar-refractivity contribution in [1.82, 2.24) is 5.32 Å². The molecule has 8 nitrogen and oxygen atoms in total. The normalized spacial score (nSPS) is 15.2. The van der Waals surface area contributed by atoms with Crippen LogP contribution in [-0.2, 0) is 19.1 Å². The molecular weight excluding hydrogens is 456 g/mol. The predicted octanol–water partition coefficient (Wildman–Crippen LogP) is 2.98. The van der Waals surface area contributed by atoms with Crippen LogP contribution in [0.4, 0.5) is 10.5 Å². The number of urea groups is 1. The molecule has 4 amide bonds. The van der Waals surface area contributed by atoms with Crippen LogP contribution < -0.4 is 15.0 Å². The third-order valence-electron chi connectivity index (χ3n) is 4.29. The Morgan fingerprint density at radius 1 is 1.17 bits per heavy atom. The second-order valence-corrected chi connectivity index (χ2v) is 7.15. The first-order valence-corrected chi connectivity index (χ1v) is 9.57. The highest BCUT2D eigenvalue weighted by Gasteiger charge is 2.37. The lowest BCUT2D eigenvalue weighted by molar-refractivity contribution is -0.143. The number of amides is 4. The van der Waals surface area contributed by atoms with Gasteiger partial charge in [-0.15, -0.1) is 0 Å².